The summed E-state index contributed by atoms with van der Waals surface area (Å²) in [5.41, 5.74) is 0.768. The summed E-state index contributed by atoms with van der Waals surface area (Å²) in [5.74, 6) is -0.610. The summed E-state index contributed by atoms with van der Waals surface area (Å²) < 4.78 is 25.8. The first-order valence-electron chi connectivity index (χ1n) is 6.65. The third-order valence-electron chi connectivity index (χ3n) is 3.76. The van der Waals surface area contributed by atoms with Gasteiger partial charge in [-0.25, -0.2) is 17.5 Å². The number of carboxylic acid groups (broad SMARTS) is 1. The minimum absolute atomic E-state index is 0.0872. The molecule has 0 saturated heterocycles. The topological polar surface area (TPSA) is 74.7 Å². The molecule has 0 aromatic heterocycles. The average molecular weight is 297 g/mol. The van der Waals surface area contributed by atoms with Gasteiger partial charge in [0.25, 0.3) is 0 Å². The first-order valence-corrected chi connectivity index (χ1v) is 8.25. The molecule has 20 heavy (non-hydrogen) atoms. The van der Waals surface area contributed by atoms with Crippen molar-refractivity contribution >= 4 is 16.0 Å². The van der Waals surface area contributed by atoms with Gasteiger partial charge in [0.15, 0.2) is 0 Å². The highest BCUT2D eigenvalue weighted by molar-refractivity contribution is 7.88. The van der Waals surface area contributed by atoms with Crippen LogP contribution in [0.1, 0.15) is 35.2 Å². The fourth-order valence-corrected chi connectivity index (χ4v) is 3.49. The monoisotopic (exact) mass is 297 g/mol. The van der Waals surface area contributed by atoms with Crippen molar-refractivity contribution < 1.29 is 18.3 Å². The molecule has 1 aromatic rings. The maximum atomic E-state index is 12.2. The van der Waals surface area contributed by atoms with Crippen LogP contribution in [-0.4, -0.2) is 37.4 Å². The SMILES string of the molecule is CN(CC1CCC1)S(=O)(=O)Cc1ccc(C(=O)O)cc1. The van der Waals surface area contributed by atoms with Crippen molar-refractivity contribution in [2.75, 3.05) is 13.6 Å². The number of hydrogen-bond donors (Lipinski definition) is 1. The van der Waals surface area contributed by atoms with Crippen molar-refractivity contribution in [1.82, 2.24) is 4.31 Å². The molecular formula is C14H19NO4S. The fourth-order valence-electron chi connectivity index (χ4n) is 2.22. The lowest BCUT2D eigenvalue weighted by atomic mass is 9.86. The second-order valence-corrected chi connectivity index (χ2v) is 7.41. The molecule has 6 heteroatoms. The molecule has 0 spiro atoms. The Morgan fingerprint density at radius 1 is 1.30 bits per heavy atom. The lowest BCUT2D eigenvalue weighted by molar-refractivity contribution is 0.0697. The van der Waals surface area contributed by atoms with Crippen LogP contribution in [0.3, 0.4) is 0 Å². The number of benzene rings is 1. The second kappa shape index (κ2) is 5.93. The van der Waals surface area contributed by atoms with Crippen LogP contribution in [0.15, 0.2) is 24.3 Å². The number of hydrogen-bond acceptors (Lipinski definition) is 3. The lowest BCUT2D eigenvalue weighted by Crippen LogP contribution is -2.35. The van der Waals surface area contributed by atoms with Crippen molar-refractivity contribution in [2.24, 2.45) is 5.92 Å². The van der Waals surface area contributed by atoms with Crippen molar-refractivity contribution in [3.63, 3.8) is 0 Å². The number of aromatic carboxylic acids is 1. The summed E-state index contributed by atoms with van der Waals surface area (Å²) >= 11 is 0. The summed E-state index contributed by atoms with van der Waals surface area (Å²) in [6, 6.07) is 5.97. The number of rotatable bonds is 6. The van der Waals surface area contributed by atoms with E-state index in [0.717, 1.165) is 12.8 Å². The van der Waals surface area contributed by atoms with Crippen LogP contribution in [0, 0.1) is 5.92 Å². The second-order valence-electron chi connectivity index (χ2n) is 5.34. The first-order chi connectivity index (χ1) is 9.38. The summed E-state index contributed by atoms with van der Waals surface area (Å²) in [6.45, 7) is 0.579. The summed E-state index contributed by atoms with van der Waals surface area (Å²) in [6.07, 6.45) is 3.40. The molecular weight excluding hydrogens is 278 g/mol. The number of nitrogens with zero attached hydrogens (tertiary/aromatic N) is 1. The molecule has 1 aromatic carbocycles. The molecule has 1 N–H and O–H groups in total. The van der Waals surface area contributed by atoms with E-state index in [1.54, 1.807) is 19.2 Å². The predicted octanol–water partition coefficient (Wildman–Crippen LogP) is 1.95. The van der Waals surface area contributed by atoms with E-state index < -0.39 is 16.0 Å². The molecule has 1 aliphatic rings. The molecule has 110 valence electrons. The highest BCUT2D eigenvalue weighted by Gasteiger charge is 2.25. The molecule has 0 atom stereocenters. The summed E-state index contributed by atoms with van der Waals surface area (Å²) in [4.78, 5) is 10.7. The third kappa shape index (κ3) is 3.58. The van der Waals surface area contributed by atoms with Gasteiger partial charge in [0, 0.05) is 13.6 Å². The number of carbonyl (C=O) groups is 1. The molecule has 1 aliphatic carbocycles. The van der Waals surface area contributed by atoms with Gasteiger partial charge in [-0.1, -0.05) is 18.6 Å². The van der Waals surface area contributed by atoms with Gasteiger partial charge in [0.1, 0.15) is 0 Å². The smallest absolute Gasteiger partial charge is 0.335 e. The Balaban J connectivity index is 2.01. The van der Waals surface area contributed by atoms with E-state index in [2.05, 4.69) is 0 Å². The quantitative estimate of drug-likeness (QED) is 0.871. The molecule has 0 aliphatic heterocycles. The first kappa shape index (κ1) is 15.0. The van der Waals surface area contributed by atoms with Crippen LogP contribution in [0.4, 0.5) is 0 Å². The molecule has 0 radical (unpaired) electrons. The van der Waals surface area contributed by atoms with E-state index in [1.165, 1.54) is 22.9 Å². The number of carboxylic acids is 1. The van der Waals surface area contributed by atoms with Gasteiger partial charge in [-0.2, -0.15) is 0 Å². The van der Waals surface area contributed by atoms with Crippen molar-refractivity contribution in [1.29, 1.82) is 0 Å². The van der Waals surface area contributed by atoms with E-state index in [0.29, 0.717) is 18.0 Å². The van der Waals surface area contributed by atoms with Crippen LogP contribution in [-0.2, 0) is 15.8 Å². The van der Waals surface area contributed by atoms with Crippen LogP contribution >= 0.6 is 0 Å². The lowest BCUT2D eigenvalue weighted by Gasteiger charge is -2.29. The van der Waals surface area contributed by atoms with Gasteiger partial charge < -0.3 is 5.11 Å². The van der Waals surface area contributed by atoms with Crippen LogP contribution in [0.5, 0.6) is 0 Å². The van der Waals surface area contributed by atoms with Crippen molar-refractivity contribution in [2.45, 2.75) is 25.0 Å². The van der Waals surface area contributed by atoms with Gasteiger partial charge in [0.2, 0.25) is 10.0 Å². The molecule has 0 heterocycles. The molecule has 0 amide bonds. The zero-order chi connectivity index (χ0) is 14.8. The summed E-state index contributed by atoms with van der Waals surface area (Å²) in [7, 11) is -1.72. The Morgan fingerprint density at radius 2 is 1.90 bits per heavy atom. The summed E-state index contributed by atoms with van der Waals surface area (Å²) in [5, 5.41) is 8.80. The Bertz CT molecular complexity index is 576. The Kier molecular flexibility index (Phi) is 4.45. The minimum atomic E-state index is -3.33. The average Bonchev–Trinajstić information content (AvgIpc) is 2.33. The molecule has 0 unspecified atom stereocenters. The molecule has 0 bridgehead atoms. The zero-order valence-corrected chi connectivity index (χ0v) is 12.3. The number of sulfonamides is 1. The normalized spacial score (nSPS) is 16.1. The van der Waals surface area contributed by atoms with Crippen molar-refractivity contribution in [3.8, 4) is 0 Å². The largest absolute Gasteiger partial charge is 0.478 e. The van der Waals surface area contributed by atoms with E-state index in [4.69, 9.17) is 5.11 Å². The molecule has 2 rings (SSSR count). The molecule has 1 saturated carbocycles. The van der Waals surface area contributed by atoms with Crippen LogP contribution < -0.4 is 0 Å². The zero-order valence-electron chi connectivity index (χ0n) is 11.4. The van der Waals surface area contributed by atoms with Gasteiger partial charge in [0.05, 0.1) is 11.3 Å². The predicted molar refractivity (Wildman–Crippen MR) is 76.0 cm³/mol. The maximum Gasteiger partial charge on any atom is 0.335 e. The maximum absolute atomic E-state index is 12.2. The van der Waals surface area contributed by atoms with Crippen molar-refractivity contribution in [3.05, 3.63) is 35.4 Å². The Morgan fingerprint density at radius 3 is 2.35 bits per heavy atom. The van der Waals surface area contributed by atoms with E-state index in [9.17, 15) is 13.2 Å². The van der Waals surface area contributed by atoms with E-state index >= 15 is 0 Å². The Hall–Kier alpha value is -1.40. The minimum Gasteiger partial charge on any atom is -0.478 e. The van der Waals surface area contributed by atoms with Gasteiger partial charge in [-0.05, 0) is 36.5 Å². The Labute approximate surface area is 119 Å². The molecule has 5 nitrogen and oxygen atoms in total. The van der Waals surface area contributed by atoms with E-state index in [-0.39, 0.29) is 11.3 Å². The standard InChI is InChI=1S/C14H19NO4S/c1-15(9-11-3-2-4-11)20(18,19)10-12-5-7-13(8-6-12)14(16)17/h5-8,11H,2-4,9-10H2,1H3,(H,16,17). The highest BCUT2D eigenvalue weighted by atomic mass is 32.2. The van der Waals surface area contributed by atoms with Crippen LogP contribution in [0.2, 0.25) is 0 Å². The van der Waals surface area contributed by atoms with E-state index in [1.807, 2.05) is 0 Å². The van der Waals surface area contributed by atoms with Gasteiger partial charge in [-0.15, -0.1) is 0 Å². The molecule has 1 fully saturated rings. The third-order valence-corrected chi connectivity index (χ3v) is 5.56. The van der Waals surface area contributed by atoms with Gasteiger partial charge >= 0.3 is 5.97 Å². The fraction of sp³-hybridized carbons (Fsp3) is 0.500. The van der Waals surface area contributed by atoms with Crippen LogP contribution in [0.25, 0.3) is 0 Å². The highest BCUT2D eigenvalue weighted by Crippen LogP contribution is 2.27. The van der Waals surface area contributed by atoms with Gasteiger partial charge in [-0.3, -0.25) is 0 Å².